The Morgan fingerprint density at radius 1 is 1.33 bits per heavy atom. The second kappa shape index (κ2) is 6.91. The molecule has 0 aliphatic rings. The number of aryl methyl sites for hydroxylation is 1. The third-order valence-electron chi connectivity index (χ3n) is 3.38. The second-order valence-electron chi connectivity index (χ2n) is 5.19. The zero-order valence-electron chi connectivity index (χ0n) is 12.9. The Labute approximate surface area is 148 Å². The van der Waals surface area contributed by atoms with E-state index in [0.29, 0.717) is 22.1 Å². The van der Waals surface area contributed by atoms with Gasteiger partial charge in [-0.1, -0.05) is 34.9 Å². The lowest BCUT2D eigenvalue weighted by molar-refractivity contribution is 0.259. The minimum Gasteiger partial charge on any atom is -0.306 e. The highest BCUT2D eigenvalue weighted by Crippen LogP contribution is 2.19. The molecule has 0 saturated heterocycles. The van der Waals surface area contributed by atoms with Crippen LogP contribution in [0.1, 0.15) is 5.56 Å². The van der Waals surface area contributed by atoms with Crippen molar-refractivity contribution in [2.45, 2.75) is 13.5 Å². The minimum atomic E-state index is -0.452. The number of nitrogens with zero attached hydrogens (tertiary/aromatic N) is 2. The Bertz CT molecular complexity index is 1010. The Morgan fingerprint density at radius 3 is 2.79 bits per heavy atom. The van der Waals surface area contributed by atoms with E-state index >= 15 is 0 Å². The van der Waals surface area contributed by atoms with E-state index in [4.69, 9.17) is 18.0 Å². The van der Waals surface area contributed by atoms with Crippen molar-refractivity contribution in [3.63, 3.8) is 0 Å². The van der Waals surface area contributed by atoms with Crippen LogP contribution in [0.25, 0.3) is 10.2 Å². The second-order valence-corrected chi connectivity index (χ2v) is 6.64. The van der Waals surface area contributed by atoms with Crippen LogP contribution in [0.15, 0.2) is 47.5 Å². The largest absolute Gasteiger partial charge is 0.348 e. The number of urea groups is 1. The summed E-state index contributed by atoms with van der Waals surface area (Å²) >= 11 is 7.27. The van der Waals surface area contributed by atoms with Crippen LogP contribution >= 0.6 is 22.9 Å². The van der Waals surface area contributed by atoms with Gasteiger partial charge in [0.2, 0.25) is 0 Å². The Hall–Kier alpha value is -2.55. The summed E-state index contributed by atoms with van der Waals surface area (Å²) in [7, 11) is 0. The van der Waals surface area contributed by atoms with Gasteiger partial charge >= 0.3 is 6.03 Å². The molecule has 0 spiro atoms. The predicted octanol–water partition coefficient (Wildman–Crippen LogP) is 4.43. The van der Waals surface area contributed by atoms with Gasteiger partial charge in [-0.3, -0.25) is 0 Å². The number of hydrogen-bond acceptors (Lipinski definition) is 2. The number of thiazole rings is 1. The summed E-state index contributed by atoms with van der Waals surface area (Å²) in [5, 5.41) is 3.33. The minimum absolute atomic E-state index is 0.357. The molecule has 1 heterocycles. The van der Waals surface area contributed by atoms with Crippen LogP contribution < -0.4 is 10.1 Å². The average molecular weight is 356 g/mol. The molecule has 0 radical (unpaired) electrons. The molecule has 0 bridgehead atoms. The van der Waals surface area contributed by atoms with E-state index in [-0.39, 0.29) is 0 Å². The molecule has 0 unspecified atom stereocenters. The Balaban J connectivity index is 1.99. The zero-order chi connectivity index (χ0) is 17.1. The SMILES string of the molecule is C#CCn1c(=NC(=O)Nc2ccc(Cl)cc2)sc2cc(C)ccc21. The molecule has 2 amide bonds. The fraction of sp³-hybridized carbons (Fsp3) is 0.111. The van der Waals surface area contributed by atoms with Gasteiger partial charge in [0.25, 0.3) is 0 Å². The van der Waals surface area contributed by atoms with Crippen LogP contribution in [0.4, 0.5) is 10.5 Å². The third-order valence-corrected chi connectivity index (χ3v) is 4.67. The quantitative estimate of drug-likeness (QED) is 0.679. The highest BCUT2D eigenvalue weighted by Gasteiger charge is 2.07. The molecule has 0 aliphatic heterocycles. The monoisotopic (exact) mass is 355 g/mol. The first-order valence-electron chi connectivity index (χ1n) is 7.21. The van der Waals surface area contributed by atoms with Crippen molar-refractivity contribution in [2.24, 2.45) is 4.99 Å². The fourth-order valence-electron chi connectivity index (χ4n) is 2.28. The van der Waals surface area contributed by atoms with Crippen molar-refractivity contribution in [1.82, 2.24) is 4.57 Å². The lowest BCUT2D eigenvalue weighted by Gasteiger charge is -2.02. The summed E-state index contributed by atoms with van der Waals surface area (Å²) in [6.45, 7) is 2.38. The molecule has 0 atom stereocenters. The number of terminal acetylenes is 1. The van der Waals surface area contributed by atoms with E-state index < -0.39 is 6.03 Å². The molecule has 1 aromatic heterocycles. The number of aromatic nitrogens is 1. The van der Waals surface area contributed by atoms with E-state index in [1.165, 1.54) is 11.3 Å². The van der Waals surface area contributed by atoms with Crippen molar-refractivity contribution < 1.29 is 4.79 Å². The summed E-state index contributed by atoms with van der Waals surface area (Å²) in [4.78, 5) is 16.9. The number of fused-ring (bicyclic) bond motifs is 1. The maximum Gasteiger partial charge on any atom is 0.348 e. The van der Waals surface area contributed by atoms with Gasteiger partial charge < -0.3 is 9.88 Å². The summed E-state index contributed by atoms with van der Waals surface area (Å²) in [5.41, 5.74) is 2.75. The molecule has 4 nitrogen and oxygen atoms in total. The first-order valence-corrected chi connectivity index (χ1v) is 8.41. The van der Waals surface area contributed by atoms with E-state index in [1.807, 2.05) is 23.6 Å². The maximum absolute atomic E-state index is 12.2. The molecule has 1 N–H and O–H groups in total. The number of anilines is 1. The average Bonchev–Trinajstić information content (AvgIpc) is 2.86. The van der Waals surface area contributed by atoms with Crippen molar-refractivity contribution in [3.05, 3.63) is 57.9 Å². The molecule has 120 valence electrons. The van der Waals surface area contributed by atoms with Crippen molar-refractivity contribution in [3.8, 4) is 12.3 Å². The maximum atomic E-state index is 12.2. The van der Waals surface area contributed by atoms with Crippen LogP contribution in [0.5, 0.6) is 0 Å². The molecule has 2 aromatic carbocycles. The summed E-state index contributed by atoms with van der Waals surface area (Å²) in [5.74, 6) is 2.61. The van der Waals surface area contributed by atoms with Gasteiger partial charge in [-0.05, 0) is 48.9 Å². The van der Waals surface area contributed by atoms with Crippen LogP contribution in [0.3, 0.4) is 0 Å². The van der Waals surface area contributed by atoms with Crippen molar-refractivity contribution in [1.29, 1.82) is 0 Å². The lowest BCUT2D eigenvalue weighted by atomic mass is 10.2. The van der Waals surface area contributed by atoms with Crippen LogP contribution in [-0.2, 0) is 6.54 Å². The van der Waals surface area contributed by atoms with Crippen LogP contribution in [0.2, 0.25) is 5.02 Å². The van der Waals surface area contributed by atoms with E-state index in [9.17, 15) is 4.79 Å². The summed E-state index contributed by atoms with van der Waals surface area (Å²) in [6, 6.07) is 12.5. The molecular formula is C18H14ClN3OS. The Kier molecular flexibility index (Phi) is 4.70. The lowest BCUT2D eigenvalue weighted by Crippen LogP contribution is -2.18. The van der Waals surface area contributed by atoms with Crippen LogP contribution in [-0.4, -0.2) is 10.6 Å². The van der Waals surface area contributed by atoms with E-state index in [0.717, 1.165) is 15.8 Å². The third kappa shape index (κ3) is 3.51. The van der Waals surface area contributed by atoms with Crippen LogP contribution in [0, 0.1) is 19.3 Å². The van der Waals surface area contributed by atoms with Crippen molar-refractivity contribution in [2.75, 3.05) is 5.32 Å². The normalized spacial score (nSPS) is 11.5. The molecule has 3 aromatic rings. The first kappa shape index (κ1) is 16.3. The number of amides is 2. The molecule has 24 heavy (non-hydrogen) atoms. The number of halogens is 1. The summed E-state index contributed by atoms with van der Waals surface area (Å²) < 4.78 is 2.91. The summed E-state index contributed by atoms with van der Waals surface area (Å²) in [6.07, 6.45) is 5.46. The molecule has 0 aliphatic carbocycles. The zero-order valence-corrected chi connectivity index (χ0v) is 14.5. The molecule has 3 rings (SSSR count). The molecule has 6 heteroatoms. The van der Waals surface area contributed by atoms with Gasteiger partial charge in [-0.15, -0.1) is 6.42 Å². The fourth-order valence-corrected chi connectivity index (χ4v) is 3.53. The highest BCUT2D eigenvalue weighted by atomic mass is 35.5. The first-order chi connectivity index (χ1) is 11.6. The van der Waals surface area contributed by atoms with Gasteiger partial charge in [-0.25, -0.2) is 4.79 Å². The Morgan fingerprint density at radius 2 is 2.08 bits per heavy atom. The number of carbonyl (C=O) groups excluding carboxylic acids is 1. The van der Waals surface area contributed by atoms with Gasteiger partial charge in [-0.2, -0.15) is 4.99 Å². The van der Waals surface area contributed by atoms with Crippen molar-refractivity contribution >= 4 is 44.9 Å². The smallest absolute Gasteiger partial charge is 0.306 e. The number of nitrogens with one attached hydrogen (secondary N) is 1. The molecule has 0 saturated carbocycles. The topological polar surface area (TPSA) is 46.4 Å². The van der Waals surface area contributed by atoms with Gasteiger partial charge in [0, 0.05) is 10.7 Å². The van der Waals surface area contributed by atoms with E-state index in [1.54, 1.807) is 24.3 Å². The van der Waals surface area contributed by atoms with E-state index in [2.05, 4.69) is 22.3 Å². The molecular weight excluding hydrogens is 342 g/mol. The van der Waals surface area contributed by atoms with Gasteiger partial charge in [0.05, 0.1) is 16.8 Å². The predicted molar refractivity (Wildman–Crippen MR) is 99.4 cm³/mol. The molecule has 0 fully saturated rings. The highest BCUT2D eigenvalue weighted by molar-refractivity contribution is 7.16. The number of rotatable bonds is 2. The van der Waals surface area contributed by atoms with Gasteiger partial charge in [0.15, 0.2) is 4.80 Å². The standard InChI is InChI=1S/C18H14ClN3OS/c1-3-10-22-15-9-4-12(2)11-16(15)24-18(22)21-17(23)20-14-7-5-13(19)6-8-14/h1,4-9,11H,10H2,2H3,(H,20,23). The van der Waals surface area contributed by atoms with Gasteiger partial charge in [0.1, 0.15) is 0 Å². The number of carbonyl (C=O) groups is 1. The number of hydrogen-bond donors (Lipinski definition) is 1. The number of benzene rings is 2.